The molecule has 0 saturated heterocycles. The number of aliphatic imine (C=N–C) groups is 2. The monoisotopic (exact) mass is 398 g/mol. The molecule has 9 N–H and O–H groups in total. The number of unbranched alkanes of at least 4 members (excludes halogenated alkanes) is 5. The Morgan fingerprint density at radius 3 is 2.24 bits per heavy atom. The van der Waals surface area contributed by atoms with Crippen LogP contribution in [0.2, 0.25) is 0 Å². The Bertz CT molecular complexity index is 725. The van der Waals surface area contributed by atoms with Crippen molar-refractivity contribution in [2.45, 2.75) is 38.5 Å². The third-order valence-corrected chi connectivity index (χ3v) is 4.20. The zero-order chi connectivity index (χ0) is 21.3. The summed E-state index contributed by atoms with van der Waals surface area (Å²) in [6.07, 6.45) is 6.89. The van der Waals surface area contributed by atoms with Gasteiger partial charge in [0.2, 0.25) is 0 Å². The molecule has 0 amide bonds. The molecule has 8 nitrogen and oxygen atoms in total. The highest BCUT2D eigenvalue weighted by Crippen LogP contribution is 2.05. The van der Waals surface area contributed by atoms with Crippen LogP contribution in [0.5, 0.6) is 0 Å². The normalized spacial score (nSPS) is 11.5. The smallest absolute Gasteiger partial charge is 0.189 e. The molecular weight excluding hydrogens is 364 g/mol. The Morgan fingerprint density at radius 1 is 0.931 bits per heavy atom. The summed E-state index contributed by atoms with van der Waals surface area (Å²) in [5.41, 5.74) is 18.4. The summed E-state index contributed by atoms with van der Waals surface area (Å²) in [6, 6.07) is 7.24. The number of nitrogen functional groups attached to an aromatic ring is 1. The van der Waals surface area contributed by atoms with Crippen LogP contribution < -0.4 is 27.8 Å². The zero-order valence-corrected chi connectivity index (χ0v) is 17.3. The molecule has 0 bridgehead atoms. The number of rotatable bonds is 11. The Kier molecular flexibility index (Phi) is 12.2. The average molecular weight is 399 g/mol. The van der Waals surface area contributed by atoms with E-state index in [1.54, 1.807) is 19.2 Å². The summed E-state index contributed by atoms with van der Waals surface area (Å²) in [4.78, 5) is 8.17. The van der Waals surface area contributed by atoms with Gasteiger partial charge in [0, 0.05) is 31.3 Å². The lowest BCUT2D eigenvalue weighted by Crippen LogP contribution is -2.32. The summed E-state index contributed by atoms with van der Waals surface area (Å²) in [5, 5.41) is 13.4. The number of nitrogens with two attached hydrogens (primary N) is 3. The molecule has 0 saturated carbocycles. The van der Waals surface area contributed by atoms with E-state index in [1.165, 1.54) is 19.3 Å². The first-order chi connectivity index (χ1) is 14.0. The number of hydrogen-bond donors (Lipinski definition) is 6. The van der Waals surface area contributed by atoms with Crippen molar-refractivity contribution in [1.29, 1.82) is 5.41 Å². The van der Waals surface area contributed by atoms with Gasteiger partial charge in [0.05, 0.1) is 6.54 Å². The molecule has 0 aliphatic carbocycles. The van der Waals surface area contributed by atoms with E-state index in [1.807, 2.05) is 12.1 Å². The van der Waals surface area contributed by atoms with E-state index in [9.17, 15) is 0 Å². The molecule has 0 aliphatic rings. The zero-order valence-electron chi connectivity index (χ0n) is 17.3. The Morgan fingerprint density at radius 2 is 1.59 bits per heavy atom. The number of guanidine groups is 2. The molecule has 1 aromatic carbocycles. The first-order valence-corrected chi connectivity index (χ1v) is 9.96. The lowest BCUT2D eigenvalue weighted by molar-refractivity contribution is 0.592. The third-order valence-electron chi connectivity index (χ3n) is 4.20. The molecule has 29 heavy (non-hydrogen) atoms. The minimum atomic E-state index is 0.0518. The minimum Gasteiger partial charge on any atom is -0.384 e. The lowest BCUT2D eigenvalue weighted by Gasteiger charge is -2.04. The van der Waals surface area contributed by atoms with Crippen LogP contribution in [0.4, 0.5) is 0 Å². The number of nitrogens with one attached hydrogen (secondary N) is 3. The van der Waals surface area contributed by atoms with Crippen LogP contribution >= 0.6 is 0 Å². The van der Waals surface area contributed by atoms with Crippen LogP contribution in [0.1, 0.15) is 49.7 Å². The maximum atomic E-state index is 7.36. The maximum absolute atomic E-state index is 7.36. The molecule has 0 unspecified atom stereocenters. The van der Waals surface area contributed by atoms with Crippen molar-refractivity contribution in [2.75, 3.05) is 26.7 Å². The highest BCUT2D eigenvalue weighted by molar-refractivity contribution is 5.94. The highest BCUT2D eigenvalue weighted by Gasteiger charge is 1.95. The molecule has 0 fully saturated rings. The number of benzene rings is 1. The molecule has 0 atom stereocenters. The summed E-state index contributed by atoms with van der Waals surface area (Å²) in [5.74, 6) is 7.01. The van der Waals surface area contributed by atoms with Crippen LogP contribution in [0.15, 0.2) is 34.3 Å². The Balaban J connectivity index is 2.07. The summed E-state index contributed by atoms with van der Waals surface area (Å²) in [6.45, 7) is 2.04. The average Bonchev–Trinajstić information content (AvgIpc) is 2.72. The second-order valence-corrected chi connectivity index (χ2v) is 6.57. The van der Waals surface area contributed by atoms with E-state index < -0.39 is 0 Å². The van der Waals surface area contributed by atoms with Crippen molar-refractivity contribution in [1.82, 2.24) is 10.6 Å². The van der Waals surface area contributed by atoms with Crippen molar-refractivity contribution in [2.24, 2.45) is 27.2 Å². The summed E-state index contributed by atoms with van der Waals surface area (Å²) < 4.78 is 0. The first-order valence-electron chi connectivity index (χ1n) is 9.96. The van der Waals surface area contributed by atoms with Crippen molar-refractivity contribution in [3.8, 4) is 11.8 Å². The van der Waals surface area contributed by atoms with Gasteiger partial charge in [0.1, 0.15) is 5.84 Å². The molecule has 8 heteroatoms. The van der Waals surface area contributed by atoms with Gasteiger partial charge < -0.3 is 27.8 Å². The molecular formula is C21H34N8. The predicted octanol–water partition coefficient (Wildman–Crippen LogP) is 1.10. The Hall–Kier alpha value is -3.21. The van der Waals surface area contributed by atoms with Crippen LogP contribution in [0.3, 0.4) is 0 Å². The number of nitrogens with zero attached hydrogens (tertiary/aromatic N) is 2. The Labute approximate surface area is 174 Å². The van der Waals surface area contributed by atoms with Gasteiger partial charge in [-0.25, -0.2) is 0 Å². The van der Waals surface area contributed by atoms with Gasteiger partial charge in [-0.1, -0.05) is 49.7 Å². The van der Waals surface area contributed by atoms with Gasteiger partial charge in [0.15, 0.2) is 11.9 Å². The van der Waals surface area contributed by atoms with E-state index in [0.717, 1.165) is 37.9 Å². The standard InChI is InChI=1S/C21H34N8/c1-26-20(24)27-14-6-4-2-3-5-7-15-28-21(25)29-16-8-9-17-10-12-18(13-11-17)19(22)23/h10-13H,2-7,14-16H2,1H3,(H3,22,23)(H3,24,26,27)(H3,25,28,29). The van der Waals surface area contributed by atoms with E-state index in [0.29, 0.717) is 24.0 Å². The number of hydrogen-bond acceptors (Lipinski definition) is 3. The molecule has 158 valence electrons. The molecule has 1 rings (SSSR count). The number of amidine groups is 1. The molecule has 1 aromatic rings. The van der Waals surface area contributed by atoms with Crippen molar-refractivity contribution in [3.05, 3.63) is 35.4 Å². The fourth-order valence-electron chi connectivity index (χ4n) is 2.51. The van der Waals surface area contributed by atoms with Crippen molar-refractivity contribution < 1.29 is 0 Å². The van der Waals surface area contributed by atoms with Crippen molar-refractivity contribution >= 4 is 17.8 Å². The molecule has 0 radical (unpaired) electrons. The molecule has 0 spiro atoms. The van der Waals surface area contributed by atoms with Crippen LogP contribution in [0, 0.1) is 17.3 Å². The minimum absolute atomic E-state index is 0.0518. The van der Waals surface area contributed by atoms with Crippen molar-refractivity contribution in [3.63, 3.8) is 0 Å². The largest absolute Gasteiger partial charge is 0.384 e. The van der Waals surface area contributed by atoms with Gasteiger partial charge in [0.25, 0.3) is 0 Å². The van der Waals surface area contributed by atoms with E-state index >= 15 is 0 Å². The van der Waals surface area contributed by atoms with Crippen LogP contribution in [-0.2, 0) is 0 Å². The fourth-order valence-corrected chi connectivity index (χ4v) is 2.51. The van der Waals surface area contributed by atoms with E-state index in [-0.39, 0.29) is 5.84 Å². The van der Waals surface area contributed by atoms with Crippen LogP contribution in [-0.4, -0.2) is 44.4 Å². The molecule has 0 aliphatic heterocycles. The van der Waals surface area contributed by atoms with Gasteiger partial charge in [-0.15, -0.1) is 0 Å². The van der Waals surface area contributed by atoms with Gasteiger partial charge >= 0.3 is 0 Å². The maximum Gasteiger partial charge on any atom is 0.189 e. The van der Waals surface area contributed by atoms with Crippen LogP contribution in [0.25, 0.3) is 0 Å². The fraction of sp³-hybridized carbons (Fsp3) is 0.476. The predicted molar refractivity (Wildman–Crippen MR) is 122 cm³/mol. The summed E-state index contributed by atoms with van der Waals surface area (Å²) in [7, 11) is 1.68. The topological polar surface area (TPSA) is 151 Å². The van der Waals surface area contributed by atoms with Gasteiger partial charge in [-0.05, 0) is 25.0 Å². The highest BCUT2D eigenvalue weighted by atomic mass is 15.1. The molecule has 0 aromatic heterocycles. The quantitative estimate of drug-likeness (QED) is 0.143. The SMILES string of the molecule is CN=C(N)NCCCCCCCCN=C(N)NCC#Cc1ccc(C(=N)N)cc1. The molecule has 0 heterocycles. The second kappa shape index (κ2) is 14.8. The van der Waals surface area contributed by atoms with E-state index in [4.69, 9.17) is 22.6 Å². The van der Waals surface area contributed by atoms with Gasteiger partial charge in [-0.3, -0.25) is 15.4 Å². The van der Waals surface area contributed by atoms with Gasteiger partial charge in [-0.2, -0.15) is 0 Å². The summed E-state index contributed by atoms with van der Waals surface area (Å²) >= 11 is 0. The first kappa shape index (κ1) is 23.8. The van der Waals surface area contributed by atoms with E-state index in [2.05, 4.69) is 32.5 Å². The second-order valence-electron chi connectivity index (χ2n) is 6.57. The lowest BCUT2D eigenvalue weighted by atomic mass is 10.1. The third kappa shape index (κ3) is 12.0.